The van der Waals surface area contributed by atoms with E-state index in [4.69, 9.17) is 5.73 Å². The van der Waals surface area contributed by atoms with E-state index in [1.807, 2.05) is 35.2 Å². The van der Waals surface area contributed by atoms with Gasteiger partial charge in [0.2, 0.25) is 0 Å². The van der Waals surface area contributed by atoms with E-state index in [1.54, 1.807) is 0 Å². The average molecular weight is 299 g/mol. The van der Waals surface area contributed by atoms with Crippen molar-refractivity contribution in [3.05, 3.63) is 42.2 Å². The van der Waals surface area contributed by atoms with Gasteiger partial charge in [-0.2, -0.15) is 9.90 Å². The summed E-state index contributed by atoms with van der Waals surface area (Å²) in [7, 11) is 0. The van der Waals surface area contributed by atoms with Gasteiger partial charge in [0.25, 0.3) is 5.91 Å². The van der Waals surface area contributed by atoms with Crippen molar-refractivity contribution >= 4 is 5.91 Å². The maximum absolute atomic E-state index is 12.6. The van der Waals surface area contributed by atoms with Gasteiger partial charge in [-0.3, -0.25) is 4.79 Å². The Kier molecular flexibility index (Phi) is 4.20. The molecule has 3 rings (SSSR count). The van der Waals surface area contributed by atoms with E-state index < -0.39 is 0 Å². The fourth-order valence-corrected chi connectivity index (χ4v) is 2.85. The molecule has 0 radical (unpaired) electrons. The number of nitrogens with zero attached hydrogens (tertiary/aromatic N) is 4. The van der Waals surface area contributed by atoms with E-state index in [-0.39, 0.29) is 5.91 Å². The molecule has 1 aliphatic rings. The first kappa shape index (κ1) is 14.7. The molecule has 116 valence electrons. The summed E-state index contributed by atoms with van der Waals surface area (Å²) >= 11 is 0. The Morgan fingerprint density at radius 1 is 1.36 bits per heavy atom. The molecule has 0 saturated carbocycles. The molecule has 2 heterocycles. The molecular weight excluding hydrogens is 278 g/mol. The maximum Gasteiger partial charge on any atom is 0.276 e. The van der Waals surface area contributed by atoms with Crippen molar-refractivity contribution in [2.75, 3.05) is 19.6 Å². The van der Waals surface area contributed by atoms with Crippen LogP contribution in [0.25, 0.3) is 5.69 Å². The van der Waals surface area contributed by atoms with Gasteiger partial charge >= 0.3 is 0 Å². The third-order valence-corrected chi connectivity index (χ3v) is 4.40. The second-order valence-corrected chi connectivity index (χ2v) is 5.87. The van der Waals surface area contributed by atoms with Gasteiger partial charge in [0, 0.05) is 13.1 Å². The topological polar surface area (TPSA) is 77.0 Å². The van der Waals surface area contributed by atoms with Crippen LogP contribution in [0, 0.1) is 11.8 Å². The number of carbonyl (C=O) groups excluding carboxylic acids is 1. The number of hydrogen-bond donors (Lipinski definition) is 1. The first-order valence-electron chi connectivity index (χ1n) is 7.66. The number of hydrogen-bond acceptors (Lipinski definition) is 4. The average Bonchev–Trinajstić information content (AvgIpc) is 3.05. The first-order valence-corrected chi connectivity index (χ1v) is 7.66. The molecule has 2 atom stereocenters. The number of amides is 1. The molecule has 6 nitrogen and oxygen atoms in total. The number of aromatic nitrogens is 3. The second kappa shape index (κ2) is 6.27. The third-order valence-electron chi connectivity index (χ3n) is 4.40. The van der Waals surface area contributed by atoms with Gasteiger partial charge in [-0.1, -0.05) is 25.1 Å². The Balaban J connectivity index is 1.75. The summed E-state index contributed by atoms with van der Waals surface area (Å²) in [4.78, 5) is 15.9. The molecule has 22 heavy (non-hydrogen) atoms. The zero-order chi connectivity index (χ0) is 15.5. The summed E-state index contributed by atoms with van der Waals surface area (Å²) in [5.74, 6) is 0.864. The summed E-state index contributed by atoms with van der Waals surface area (Å²) in [6.07, 6.45) is 2.52. The van der Waals surface area contributed by atoms with Crippen LogP contribution in [0.4, 0.5) is 0 Å². The van der Waals surface area contributed by atoms with E-state index in [9.17, 15) is 4.79 Å². The zero-order valence-electron chi connectivity index (χ0n) is 12.7. The van der Waals surface area contributed by atoms with Crippen molar-refractivity contribution in [1.82, 2.24) is 19.9 Å². The molecule has 1 saturated heterocycles. The van der Waals surface area contributed by atoms with E-state index in [0.29, 0.717) is 30.6 Å². The number of benzene rings is 1. The maximum atomic E-state index is 12.6. The molecule has 6 heteroatoms. The van der Waals surface area contributed by atoms with Gasteiger partial charge in [-0.15, -0.1) is 5.10 Å². The summed E-state index contributed by atoms with van der Waals surface area (Å²) in [5.41, 5.74) is 7.03. The molecule has 0 aliphatic carbocycles. The van der Waals surface area contributed by atoms with Crippen LogP contribution in [0.3, 0.4) is 0 Å². The minimum atomic E-state index is -0.0625. The fraction of sp³-hybridized carbons (Fsp3) is 0.438. The van der Waals surface area contributed by atoms with Crippen molar-refractivity contribution in [2.24, 2.45) is 17.6 Å². The molecule has 1 fully saturated rings. The van der Waals surface area contributed by atoms with Crippen molar-refractivity contribution in [2.45, 2.75) is 13.3 Å². The SMILES string of the molecule is CC1CCN(C(=O)c2cnn(-c3ccccc3)n2)CC1CN. The predicted octanol–water partition coefficient (Wildman–Crippen LogP) is 1.32. The molecule has 2 unspecified atom stereocenters. The summed E-state index contributed by atoms with van der Waals surface area (Å²) in [6, 6.07) is 9.57. The Morgan fingerprint density at radius 2 is 2.14 bits per heavy atom. The highest BCUT2D eigenvalue weighted by molar-refractivity contribution is 5.92. The molecular formula is C16H21N5O. The van der Waals surface area contributed by atoms with Crippen molar-refractivity contribution in [1.29, 1.82) is 0 Å². The molecule has 0 spiro atoms. The normalized spacial score (nSPS) is 21.8. The van der Waals surface area contributed by atoms with E-state index >= 15 is 0 Å². The Hall–Kier alpha value is -2.21. The van der Waals surface area contributed by atoms with E-state index in [0.717, 1.165) is 18.7 Å². The summed E-state index contributed by atoms with van der Waals surface area (Å²) < 4.78 is 0. The van der Waals surface area contributed by atoms with Crippen molar-refractivity contribution in [3.8, 4) is 5.69 Å². The first-order chi connectivity index (χ1) is 10.7. The number of likely N-dealkylation sites (tertiary alicyclic amines) is 1. The number of nitrogens with two attached hydrogens (primary N) is 1. The Morgan fingerprint density at radius 3 is 2.86 bits per heavy atom. The van der Waals surface area contributed by atoms with Gasteiger partial charge in [-0.25, -0.2) is 0 Å². The van der Waals surface area contributed by atoms with Gasteiger partial charge in [0.15, 0.2) is 5.69 Å². The highest BCUT2D eigenvalue weighted by Gasteiger charge is 2.29. The van der Waals surface area contributed by atoms with Crippen LogP contribution < -0.4 is 5.73 Å². The number of para-hydroxylation sites is 1. The largest absolute Gasteiger partial charge is 0.337 e. The standard InChI is InChI=1S/C16H21N5O/c1-12-7-8-20(11-13(12)9-17)16(22)15-10-18-21(19-15)14-5-3-2-4-6-14/h2-6,10,12-13H,7-9,11,17H2,1H3. The highest BCUT2D eigenvalue weighted by Crippen LogP contribution is 2.23. The molecule has 1 aromatic carbocycles. The van der Waals surface area contributed by atoms with Crippen LogP contribution in [0.2, 0.25) is 0 Å². The van der Waals surface area contributed by atoms with Crippen molar-refractivity contribution in [3.63, 3.8) is 0 Å². The van der Waals surface area contributed by atoms with Crippen LogP contribution in [-0.4, -0.2) is 45.4 Å². The van der Waals surface area contributed by atoms with Crippen LogP contribution in [0.5, 0.6) is 0 Å². The lowest BCUT2D eigenvalue weighted by atomic mass is 9.87. The number of carbonyl (C=O) groups is 1. The molecule has 1 amide bonds. The minimum Gasteiger partial charge on any atom is -0.337 e. The van der Waals surface area contributed by atoms with Gasteiger partial charge in [0.05, 0.1) is 11.9 Å². The van der Waals surface area contributed by atoms with E-state index in [2.05, 4.69) is 17.1 Å². The predicted molar refractivity (Wildman–Crippen MR) is 83.6 cm³/mol. The van der Waals surface area contributed by atoms with Gasteiger partial charge in [-0.05, 0) is 36.9 Å². The monoisotopic (exact) mass is 299 g/mol. The molecule has 0 bridgehead atoms. The van der Waals surface area contributed by atoms with E-state index in [1.165, 1.54) is 11.0 Å². The summed E-state index contributed by atoms with van der Waals surface area (Å²) in [6.45, 7) is 4.27. The highest BCUT2D eigenvalue weighted by atomic mass is 16.2. The lowest BCUT2D eigenvalue weighted by molar-refractivity contribution is 0.0612. The molecule has 1 aromatic heterocycles. The third kappa shape index (κ3) is 2.87. The smallest absolute Gasteiger partial charge is 0.276 e. The van der Waals surface area contributed by atoms with Gasteiger partial charge in [0.1, 0.15) is 0 Å². The van der Waals surface area contributed by atoms with Crippen LogP contribution >= 0.6 is 0 Å². The van der Waals surface area contributed by atoms with Crippen LogP contribution in [0.15, 0.2) is 36.5 Å². The second-order valence-electron chi connectivity index (χ2n) is 5.87. The fourth-order valence-electron chi connectivity index (χ4n) is 2.85. The van der Waals surface area contributed by atoms with Gasteiger partial charge < -0.3 is 10.6 Å². The number of rotatable bonds is 3. The molecule has 1 aliphatic heterocycles. The van der Waals surface area contributed by atoms with Crippen molar-refractivity contribution < 1.29 is 4.79 Å². The zero-order valence-corrected chi connectivity index (χ0v) is 12.7. The number of piperidine rings is 1. The molecule has 2 N–H and O–H groups in total. The lowest BCUT2D eigenvalue weighted by Crippen LogP contribution is -2.45. The Labute approximate surface area is 129 Å². The lowest BCUT2D eigenvalue weighted by Gasteiger charge is -2.36. The summed E-state index contributed by atoms with van der Waals surface area (Å²) in [5, 5.41) is 8.50. The minimum absolute atomic E-state index is 0.0625. The van der Waals surface area contributed by atoms with Crippen LogP contribution in [0.1, 0.15) is 23.8 Å². The molecule has 2 aromatic rings. The quantitative estimate of drug-likeness (QED) is 0.927. The Bertz CT molecular complexity index is 639. The van der Waals surface area contributed by atoms with Crippen LogP contribution in [-0.2, 0) is 0 Å².